The Labute approximate surface area is 94.7 Å². The first-order valence-electron chi connectivity index (χ1n) is 4.61. The minimum absolute atomic E-state index is 0.103. The van der Waals surface area contributed by atoms with Crippen molar-refractivity contribution in [2.24, 2.45) is 5.92 Å². The van der Waals surface area contributed by atoms with Gasteiger partial charge in [-0.2, -0.15) is 0 Å². The summed E-state index contributed by atoms with van der Waals surface area (Å²) in [6, 6.07) is 5.41. The second-order valence-corrected chi connectivity index (χ2v) is 4.61. The molecule has 0 saturated carbocycles. The van der Waals surface area contributed by atoms with Crippen molar-refractivity contribution >= 4 is 23.2 Å². The van der Waals surface area contributed by atoms with E-state index in [0.717, 1.165) is 5.56 Å². The molecular formula is C11H14Cl2O. The SMILES string of the molecule is CC(C)[C@@H](CO)c1cc(Cl)cc(Cl)c1. The highest BCUT2D eigenvalue weighted by molar-refractivity contribution is 6.34. The molecule has 1 aromatic carbocycles. The van der Waals surface area contributed by atoms with E-state index in [0.29, 0.717) is 16.0 Å². The molecule has 0 bridgehead atoms. The van der Waals surface area contributed by atoms with Crippen molar-refractivity contribution in [1.29, 1.82) is 0 Å². The van der Waals surface area contributed by atoms with E-state index in [1.54, 1.807) is 6.07 Å². The van der Waals surface area contributed by atoms with Crippen LogP contribution in [0.1, 0.15) is 25.3 Å². The summed E-state index contributed by atoms with van der Waals surface area (Å²) in [4.78, 5) is 0. The van der Waals surface area contributed by atoms with Gasteiger partial charge in [-0.15, -0.1) is 0 Å². The highest BCUT2D eigenvalue weighted by Crippen LogP contribution is 2.28. The minimum Gasteiger partial charge on any atom is -0.396 e. The number of aliphatic hydroxyl groups is 1. The number of rotatable bonds is 3. The van der Waals surface area contributed by atoms with Gasteiger partial charge in [0.1, 0.15) is 0 Å². The molecule has 0 aliphatic heterocycles. The molecule has 1 aromatic rings. The average Bonchev–Trinajstić information content (AvgIpc) is 2.02. The topological polar surface area (TPSA) is 20.2 Å². The number of halogens is 2. The third-order valence-electron chi connectivity index (χ3n) is 2.31. The summed E-state index contributed by atoms with van der Waals surface area (Å²) in [6.45, 7) is 4.25. The molecular weight excluding hydrogens is 219 g/mol. The second kappa shape index (κ2) is 5.01. The maximum atomic E-state index is 9.25. The summed E-state index contributed by atoms with van der Waals surface area (Å²) in [5, 5.41) is 10.5. The highest BCUT2D eigenvalue weighted by atomic mass is 35.5. The van der Waals surface area contributed by atoms with Crippen LogP contribution in [-0.4, -0.2) is 11.7 Å². The van der Waals surface area contributed by atoms with E-state index in [1.165, 1.54) is 0 Å². The molecule has 0 aliphatic rings. The lowest BCUT2D eigenvalue weighted by Crippen LogP contribution is -2.11. The van der Waals surface area contributed by atoms with Crippen molar-refractivity contribution in [2.75, 3.05) is 6.61 Å². The Morgan fingerprint density at radius 1 is 1.14 bits per heavy atom. The maximum Gasteiger partial charge on any atom is 0.0502 e. The standard InChI is InChI=1S/C11H14Cl2O/c1-7(2)11(6-14)8-3-9(12)5-10(13)4-8/h3-5,7,11,14H,6H2,1-2H3/t11-/m1/s1. The van der Waals surface area contributed by atoms with Crippen LogP contribution < -0.4 is 0 Å². The van der Waals surface area contributed by atoms with Crippen LogP contribution in [0.15, 0.2) is 18.2 Å². The van der Waals surface area contributed by atoms with Gasteiger partial charge in [-0.1, -0.05) is 37.0 Å². The van der Waals surface area contributed by atoms with E-state index in [4.69, 9.17) is 23.2 Å². The van der Waals surface area contributed by atoms with Crippen LogP contribution in [0.2, 0.25) is 10.0 Å². The quantitative estimate of drug-likeness (QED) is 0.843. The first kappa shape index (κ1) is 11.8. The fourth-order valence-electron chi connectivity index (χ4n) is 1.49. The molecule has 0 fully saturated rings. The van der Waals surface area contributed by atoms with Gasteiger partial charge in [-0.25, -0.2) is 0 Å². The molecule has 0 unspecified atom stereocenters. The Kier molecular flexibility index (Phi) is 4.24. The first-order valence-corrected chi connectivity index (χ1v) is 5.37. The van der Waals surface area contributed by atoms with E-state index in [9.17, 15) is 5.11 Å². The number of aliphatic hydroxyl groups excluding tert-OH is 1. The Bertz CT molecular complexity index is 290. The zero-order valence-corrected chi connectivity index (χ0v) is 9.81. The van der Waals surface area contributed by atoms with Crippen LogP contribution in [0.25, 0.3) is 0 Å². The predicted octanol–water partition coefficient (Wildman–Crippen LogP) is 3.73. The fraction of sp³-hybridized carbons (Fsp3) is 0.455. The zero-order valence-electron chi connectivity index (χ0n) is 8.30. The van der Waals surface area contributed by atoms with Crippen LogP contribution in [0, 0.1) is 5.92 Å². The predicted molar refractivity (Wildman–Crippen MR) is 61.1 cm³/mol. The zero-order chi connectivity index (χ0) is 10.7. The molecule has 1 atom stereocenters. The van der Waals surface area contributed by atoms with Gasteiger partial charge < -0.3 is 5.11 Å². The Hall–Kier alpha value is -0.240. The average molecular weight is 233 g/mol. The fourth-order valence-corrected chi connectivity index (χ4v) is 2.03. The molecule has 0 saturated heterocycles. The summed E-state index contributed by atoms with van der Waals surface area (Å²) >= 11 is 11.8. The molecule has 0 radical (unpaired) electrons. The molecule has 14 heavy (non-hydrogen) atoms. The van der Waals surface area contributed by atoms with Crippen molar-refractivity contribution < 1.29 is 5.11 Å². The van der Waals surface area contributed by atoms with E-state index < -0.39 is 0 Å². The van der Waals surface area contributed by atoms with Gasteiger partial charge in [0.05, 0.1) is 6.61 Å². The van der Waals surface area contributed by atoms with Crippen molar-refractivity contribution in [1.82, 2.24) is 0 Å². The van der Waals surface area contributed by atoms with Gasteiger partial charge in [0, 0.05) is 16.0 Å². The first-order chi connectivity index (χ1) is 6.54. The lowest BCUT2D eigenvalue weighted by Gasteiger charge is -2.19. The van der Waals surface area contributed by atoms with Gasteiger partial charge in [-0.05, 0) is 29.7 Å². The molecule has 1 N–H and O–H groups in total. The van der Waals surface area contributed by atoms with Crippen LogP contribution >= 0.6 is 23.2 Å². The van der Waals surface area contributed by atoms with Crippen molar-refractivity contribution in [3.05, 3.63) is 33.8 Å². The summed E-state index contributed by atoms with van der Waals surface area (Å²) in [5.74, 6) is 0.473. The number of benzene rings is 1. The van der Waals surface area contributed by atoms with E-state index in [1.807, 2.05) is 12.1 Å². The lowest BCUT2D eigenvalue weighted by atomic mass is 9.89. The molecule has 0 heterocycles. The Balaban J connectivity index is 3.04. The molecule has 0 aromatic heterocycles. The molecule has 1 rings (SSSR count). The molecule has 78 valence electrons. The van der Waals surface area contributed by atoms with Crippen LogP contribution in [0.5, 0.6) is 0 Å². The smallest absolute Gasteiger partial charge is 0.0502 e. The second-order valence-electron chi connectivity index (χ2n) is 3.74. The van der Waals surface area contributed by atoms with Crippen molar-refractivity contribution in [3.8, 4) is 0 Å². The normalized spacial score (nSPS) is 13.3. The molecule has 3 heteroatoms. The van der Waals surface area contributed by atoms with Gasteiger partial charge >= 0.3 is 0 Å². The minimum atomic E-state index is 0.103. The summed E-state index contributed by atoms with van der Waals surface area (Å²) in [6.07, 6.45) is 0. The third-order valence-corrected chi connectivity index (χ3v) is 2.75. The highest BCUT2D eigenvalue weighted by Gasteiger charge is 2.15. The Morgan fingerprint density at radius 3 is 2.00 bits per heavy atom. The summed E-state index contributed by atoms with van der Waals surface area (Å²) in [5.41, 5.74) is 1.00. The van der Waals surface area contributed by atoms with Crippen LogP contribution in [0.3, 0.4) is 0 Å². The summed E-state index contributed by atoms with van der Waals surface area (Å²) < 4.78 is 0. The van der Waals surface area contributed by atoms with Gasteiger partial charge in [-0.3, -0.25) is 0 Å². The van der Waals surface area contributed by atoms with Gasteiger partial charge in [0.2, 0.25) is 0 Å². The van der Waals surface area contributed by atoms with Crippen molar-refractivity contribution in [2.45, 2.75) is 19.8 Å². The molecule has 0 amide bonds. The van der Waals surface area contributed by atoms with E-state index in [2.05, 4.69) is 13.8 Å². The Morgan fingerprint density at radius 2 is 1.64 bits per heavy atom. The van der Waals surface area contributed by atoms with Gasteiger partial charge in [0.15, 0.2) is 0 Å². The maximum absolute atomic E-state index is 9.25. The number of hydrogen-bond acceptors (Lipinski definition) is 1. The number of hydrogen-bond donors (Lipinski definition) is 1. The molecule has 1 nitrogen and oxygen atoms in total. The van der Waals surface area contributed by atoms with Crippen LogP contribution in [-0.2, 0) is 0 Å². The summed E-state index contributed by atoms with van der Waals surface area (Å²) in [7, 11) is 0. The van der Waals surface area contributed by atoms with Crippen LogP contribution in [0.4, 0.5) is 0 Å². The van der Waals surface area contributed by atoms with Crippen molar-refractivity contribution in [3.63, 3.8) is 0 Å². The monoisotopic (exact) mass is 232 g/mol. The third kappa shape index (κ3) is 2.88. The largest absolute Gasteiger partial charge is 0.396 e. The lowest BCUT2D eigenvalue weighted by molar-refractivity contribution is 0.237. The van der Waals surface area contributed by atoms with E-state index in [-0.39, 0.29) is 12.5 Å². The van der Waals surface area contributed by atoms with Gasteiger partial charge in [0.25, 0.3) is 0 Å². The molecule has 0 spiro atoms. The molecule has 0 aliphatic carbocycles. The van der Waals surface area contributed by atoms with E-state index >= 15 is 0 Å².